The van der Waals surface area contributed by atoms with Crippen molar-refractivity contribution in [3.8, 4) is 11.5 Å². The van der Waals surface area contributed by atoms with E-state index >= 15 is 0 Å². The molecular formula is C56H78N2NiO2. The summed E-state index contributed by atoms with van der Waals surface area (Å²) < 4.78 is 12.3. The van der Waals surface area contributed by atoms with E-state index in [9.17, 15) is 5.53 Å². The predicted octanol–water partition coefficient (Wildman–Crippen LogP) is 17.2. The first-order valence-corrected chi connectivity index (χ1v) is 25.0. The summed E-state index contributed by atoms with van der Waals surface area (Å²) in [6.45, 7) is 13.7. The van der Waals surface area contributed by atoms with Gasteiger partial charge in [-0.3, -0.25) is 0 Å². The van der Waals surface area contributed by atoms with Gasteiger partial charge in [0.05, 0.1) is 0 Å². The van der Waals surface area contributed by atoms with Gasteiger partial charge in [0.2, 0.25) is 11.4 Å². The van der Waals surface area contributed by atoms with Crippen LogP contribution in [0.5, 0.6) is 11.5 Å². The van der Waals surface area contributed by atoms with Crippen molar-refractivity contribution >= 4 is 11.4 Å². The Morgan fingerprint density at radius 1 is 0.393 bits per heavy atom. The monoisotopic (exact) mass is 869 g/mol. The molecule has 0 fully saturated rings. The molecule has 0 radical (unpaired) electrons. The molecule has 0 atom stereocenters. The van der Waals surface area contributed by atoms with Crippen molar-refractivity contribution in [1.82, 2.24) is 0 Å². The molecule has 0 bridgehead atoms. The summed E-state index contributed by atoms with van der Waals surface area (Å²) >= 11 is 0.777. The van der Waals surface area contributed by atoms with Crippen molar-refractivity contribution < 1.29 is 27.5 Å². The molecule has 4 aromatic carbocycles. The van der Waals surface area contributed by atoms with Gasteiger partial charge in [-0.05, 0) is 124 Å². The van der Waals surface area contributed by atoms with E-state index in [2.05, 4.69) is 77.9 Å². The van der Waals surface area contributed by atoms with Gasteiger partial charge < -0.3 is 5.53 Å². The predicted molar refractivity (Wildman–Crippen MR) is 256 cm³/mol. The van der Waals surface area contributed by atoms with Crippen molar-refractivity contribution in [3.63, 3.8) is 0 Å². The second kappa shape index (κ2) is 29.4. The van der Waals surface area contributed by atoms with Gasteiger partial charge in [0.1, 0.15) is 0 Å². The van der Waals surface area contributed by atoms with Crippen LogP contribution in [0.2, 0.25) is 0 Å². The van der Waals surface area contributed by atoms with Gasteiger partial charge in [-0.2, -0.15) is 0 Å². The normalized spacial score (nSPS) is 12.6. The second-order valence-corrected chi connectivity index (χ2v) is 17.5. The first-order chi connectivity index (χ1) is 30.0. The number of rotatable bonds is 28. The standard InChI is InChI=1S/C44H68N2.2C6H6O.Ni/c1-7-13-19-21-25-37-30-38(26-22-20-14-8-2)34-40(33-37)44-42(28-18-12-6)41(27-17-11-5)43(46(44)45)39-31-35(23-15-9-3)29-36(32-39)24-16-10-4;2*7-6-4-2-1-3-5-6;/h29-34H,7-28H2,1-6H3;2*1-5,7H;/q;;;+2/p-2. The maximum atomic E-state index is 12.4. The molecule has 0 unspecified atom stereocenters. The van der Waals surface area contributed by atoms with E-state index in [1.165, 1.54) is 122 Å². The van der Waals surface area contributed by atoms with Gasteiger partial charge in [-0.25, -0.2) is 4.70 Å². The summed E-state index contributed by atoms with van der Waals surface area (Å²) in [5.74, 6) is 1.57. The molecule has 334 valence electrons. The van der Waals surface area contributed by atoms with Crippen molar-refractivity contribution in [2.24, 2.45) is 0 Å². The molecule has 4 aromatic rings. The summed E-state index contributed by atoms with van der Waals surface area (Å²) in [7, 11) is 0. The molecule has 61 heavy (non-hydrogen) atoms. The fraction of sp³-hybridized carbons (Fsp3) is 0.500. The van der Waals surface area contributed by atoms with Crippen LogP contribution < -0.4 is 7.76 Å². The zero-order chi connectivity index (χ0) is 43.5. The van der Waals surface area contributed by atoms with Crippen molar-refractivity contribution in [2.75, 3.05) is 0 Å². The van der Waals surface area contributed by atoms with Crippen molar-refractivity contribution in [2.45, 2.75) is 183 Å². The van der Waals surface area contributed by atoms with Crippen LogP contribution >= 0.6 is 0 Å². The van der Waals surface area contributed by atoms with Crippen LogP contribution in [-0.4, -0.2) is 4.70 Å². The van der Waals surface area contributed by atoms with Gasteiger partial charge in [0.25, 0.3) is 0 Å². The van der Waals surface area contributed by atoms with Crippen LogP contribution in [0.4, 0.5) is 0 Å². The van der Waals surface area contributed by atoms with Crippen LogP contribution in [0, 0.1) is 0 Å². The Labute approximate surface area is 378 Å². The van der Waals surface area contributed by atoms with E-state index in [4.69, 9.17) is 7.76 Å². The first kappa shape index (κ1) is 49.7. The number of allylic oxidation sites excluding steroid dienone is 2. The average molecular weight is 870 g/mol. The summed E-state index contributed by atoms with van der Waals surface area (Å²) in [5, 5.41) is 0. The third kappa shape index (κ3) is 17.0. The van der Waals surface area contributed by atoms with Gasteiger partial charge in [-0.1, -0.05) is 118 Å². The molecule has 0 amide bonds. The summed E-state index contributed by atoms with van der Waals surface area (Å²) in [4.78, 5) is 0. The number of nitrogens with zero attached hydrogens (tertiary/aromatic N) is 2. The minimum absolute atomic E-state index is 0.777. The average Bonchev–Trinajstić information content (AvgIpc) is 3.57. The SMILES string of the molecule is CCCCCCc1cc(CCCCCC)cc(C2=C(CCCC)C(CCCC)=C(c3cc(CCCC)cc(CCCC)c3)[N+]2=[N-])c1.c1ccc([O][Ni][O]c2ccccc2)cc1. The van der Waals surface area contributed by atoms with E-state index in [0.29, 0.717) is 0 Å². The van der Waals surface area contributed by atoms with Crippen LogP contribution in [-0.2, 0) is 40.8 Å². The Morgan fingerprint density at radius 2 is 0.721 bits per heavy atom. The molecule has 1 aliphatic heterocycles. The Kier molecular flexibility index (Phi) is 23.9. The molecule has 1 heterocycles. The van der Waals surface area contributed by atoms with Crippen LogP contribution in [0.1, 0.15) is 190 Å². The molecular weight excluding hydrogens is 791 g/mol. The molecule has 5 rings (SSSR count). The Hall–Kier alpha value is -3.95. The number of unbranched alkanes of at least 4 members (excludes halogenated alkanes) is 10. The quantitative estimate of drug-likeness (QED) is 0.0324. The van der Waals surface area contributed by atoms with Gasteiger partial charge in [-0.15, -0.1) is 0 Å². The molecule has 0 saturated heterocycles. The molecule has 0 aliphatic carbocycles. The fourth-order valence-corrected chi connectivity index (χ4v) is 8.64. The summed E-state index contributed by atoms with van der Waals surface area (Å²) in [6, 6.07) is 33.7. The molecule has 0 saturated carbocycles. The third-order valence-electron chi connectivity index (χ3n) is 11.5. The van der Waals surface area contributed by atoms with Gasteiger partial charge in [0, 0.05) is 22.3 Å². The van der Waals surface area contributed by atoms with Crippen LogP contribution in [0.15, 0.2) is 108 Å². The number of aryl methyl sites for hydroxylation is 4. The van der Waals surface area contributed by atoms with E-state index < -0.39 is 0 Å². The Bertz CT molecular complexity index is 1820. The van der Waals surface area contributed by atoms with E-state index in [-0.39, 0.29) is 0 Å². The zero-order valence-corrected chi connectivity index (χ0v) is 39.8. The van der Waals surface area contributed by atoms with E-state index in [1.807, 2.05) is 60.7 Å². The Morgan fingerprint density at radius 3 is 1.07 bits per heavy atom. The van der Waals surface area contributed by atoms with Crippen LogP contribution in [0.25, 0.3) is 16.9 Å². The van der Waals surface area contributed by atoms with Gasteiger partial charge in [0.15, 0.2) is 0 Å². The molecule has 0 aromatic heterocycles. The summed E-state index contributed by atoms with van der Waals surface area (Å²) in [5.41, 5.74) is 25.5. The van der Waals surface area contributed by atoms with Crippen molar-refractivity contribution in [3.05, 3.63) is 147 Å². The first-order valence-electron chi connectivity index (χ1n) is 24.2. The van der Waals surface area contributed by atoms with E-state index in [1.54, 1.807) is 4.70 Å². The molecule has 0 spiro atoms. The third-order valence-corrected chi connectivity index (χ3v) is 12.2. The van der Waals surface area contributed by atoms with Crippen LogP contribution in [0.3, 0.4) is 0 Å². The maximum absolute atomic E-state index is 12.4. The number of para-hydroxylation sites is 2. The summed E-state index contributed by atoms with van der Waals surface area (Å²) in [6.07, 6.45) is 26.2. The van der Waals surface area contributed by atoms with Gasteiger partial charge >= 0.3 is 95.0 Å². The topological polar surface area (TPSA) is 43.8 Å². The zero-order valence-electron chi connectivity index (χ0n) is 38.8. The minimum atomic E-state index is 0.777. The fourth-order valence-electron chi connectivity index (χ4n) is 8.14. The molecule has 4 nitrogen and oxygen atoms in total. The molecule has 0 N–H and O–H groups in total. The Balaban J connectivity index is 0.000000454. The second-order valence-electron chi connectivity index (χ2n) is 16.9. The van der Waals surface area contributed by atoms with E-state index in [0.717, 1.165) is 102 Å². The number of hydrogen-bond acceptors (Lipinski definition) is 2. The number of benzene rings is 4. The van der Waals surface area contributed by atoms with Crippen molar-refractivity contribution in [1.29, 1.82) is 0 Å². The molecule has 5 heteroatoms. The molecule has 1 aliphatic rings. The number of hydrogen-bond donors (Lipinski definition) is 0.